The van der Waals surface area contributed by atoms with Gasteiger partial charge < -0.3 is 14.4 Å². The second-order valence-corrected chi connectivity index (χ2v) is 7.18. The van der Waals surface area contributed by atoms with Crippen LogP contribution in [-0.2, 0) is 4.74 Å². The monoisotopic (exact) mass is 365 g/mol. The van der Waals surface area contributed by atoms with Gasteiger partial charge in [0.2, 0.25) is 0 Å². The Morgan fingerprint density at radius 1 is 1.45 bits per heavy atom. The van der Waals surface area contributed by atoms with Crippen molar-refractivity contribution >= 4 is 22.0 Å². The zero-order valence-corrected chi connectivity index (χ0v) is 14.6. The molecular formula is C17H20BrNO3. The smallest absolute Gasteiger partial charge is 0.410 e. The number of ether oxygens (including phenoxy) is 2. The van der Waals surface area contributed by atoms with Crippen LogP contribution in [0.15, 0.2) is 22.7 Å². The minimum Gasteiger partial charge on any atom is -0.491 e. The number of terminal acetylenes is 1. The summed E-state index contributed by atoms with van der Waals surface area (Å²) < 4.78 is 12.0. The van der Waals surface area contributed by atoms with E-state index in [0.29, 0.717) is 31.4 Å². The summed E-state index contributed by atoms with van der Waals surface area (Å²) in [5, 5.41) is 0. The van der Waals surface area contributed by atoms with Crippen molar-refractivity contribution in [2.24, 2.45) is 5.92 Å². The Balaban J connectivity index is 1.82. The van der Waals surface area contributed by atoms with E-state index in [1.54, 1.807) is 4.90 Å². The highest BCUT2D eigenvalue weighted by molar-refractivity contribution is 9.10. The Hall–Kier alpha value is -1.67. The predicted octanol–water partition coefficient (Wildman–Crippen LogP) is 3.68. The first-order valence-electron chi connectivity index (χ1n) is 7.16. The number of nitrogens with zero attached hydrogens (tertiary/aromatic N) is 1. The first kappa shape index (κ1) is 16.7. The minimum absolute atomic E-state index is 0.269. The molecule has 1 heterocycles. The number of hydrogen-bond donors (Lipinski definition) is 0. The third-order valence-electron chi connectivity index (χ3n) is 3.19. The largest absolute Gasteiger partial charge is 0.491 e. The average Bonchev–Trinajstić information content (AvgIpc) is 2.36. The number of rotatable bonds is 3. The molecule has 22 heavy (non-hydrogen) atoms. The lowest BCUT2D eigenvalue weighted by Crippen LogP contribution is -2.53. The summed E-state index contributed by atoms with van der Waals surface area (Å²) in [6.45, 7) is 7.39. The lowest BCUT2D eigenvalue weighted by molar-refractivity contribution is -0.00787. The molecule has 0 aliphatic carbocycles. The summed E-state index contributed by atoms with van der Waals surface area (Å²) >= 11 is 3.44. The number of halogens is 1. The first-order chi connectivity index (χ1) is 10.3. The minimum atomic E-state index is -0.463. The Labute approximate surface area is 139 Å². The van der Waals surface area contributed by atoms with E-state index in [4.69, 9.17) is 15.9 Å². The molecule has 1 saturated heterocycles. The summed E-state index contributed by atoms with van der Waals surface area (Å²) in [6, 6.07) is 5.61. The van der Waals surface area contributed by atoms with Crippen molar-refractivity contribution in [3.05, 3.63) is 28.2 Å². The molecule has 0 N–H and O–H groups in total. The maximum Gasteiger partial charge on any atom is 0.410 e. The molecule has 0 spiro atoms. The summed E-state index contributed by atoms with van der Waals surface area (Å²) in [5.41, 5.74) is 0.257. The fraction of sp³-hybridized carbons (Fsp3) is 0.471. The van der Waals surface area contributed by atoms with Crippen molar-refractivity contribution in [3.63, 3.8) is 0 Å². The zero-order valence-electron chi connectivity index (χ0n) is 13.1. The fourth-order valence-corrected chi connectivity index (χ4v) is 2.60. The van der Waals surface area contributed by atoms with Gasteiger partial charge in [-0.1, -0.05) is 12.0 Å². The van der Waals surface area contributed by atoms with Crippen molar-refractivity contribution in [1.82, 2.24) is 4.90 Å². The molecule has 0 radical (unpaired) electrons. The van der Waals surface area contributed by atoms with Gasteiger partial charge in [0.1, 0.15) is 11.4 Å². The Morgan fingerprint density at radius 2 is 2.14 bits per heavy atom. The lowest BCUT2D eigenvalue weighted by atomic mass is 10.0. The molecule has 1 fully saturated rings. The highest BCUT2D eigenvalue weighted by atomic mass is 79.9. The number of benzene rings is 1. The predicted molar refractivity (Wildman–Crippen MR) is 88.9 cm³/mol. The summed E-state index contributed by atoms with van der Waals surface area (Å²) in [5.74, 6) is 3.59. The van der Waals surface area contributed by atoms with E-state index >= 15 is 0 Å². The molecular weight excluding hydrogens is 346 g/mol. The highest BCUT2D eigenvalue weighted by Gasteiger charge is 2.34. The molecule has 4 nitrogen and oxygen atoms in total. The molecule has 1 aromatic rings. The van der Waals surface area contributed by atoms with E-state index in [2.05, 4.69) is 21.9 Å². The van der Waals surface area contributed by atoms with Gasteiger partial charge >= 0.3 is 6.09 Å². The SMILES string of the molecule is C#Cc1cccc(Br)c1OCC1CN(C(=O)OC(C)(C)C)C1. The number of para-hydroxylation sites is 1. The van der Waals surface area contributed by atoms with Gasteiger partial charge in [-0.15, -0.1) is 6.42 Å². The Bertz CT molecular complexity index is 595. The first-order valence-corrected chi connectivity index (χ1v) is 7.95. The lowest BCUT2D eigenvalue weighted by Gasteiger charge is -2.39. The normalized spacial score (nSPS) is 15.0. The van der Waals surface area contributed by atoms with Gasteiger partial charge in [0.15, 0.2) is 0 Å². The molecule has 0 unspecified atom stereocenters. The fourth-order valence-electron chi connectivity index (χ4n) is 2.12. The molecule has 1 aliphatic rings. The topological polar surface area (TPSA) is 38.8 Å². The average molecular weight is 366 g/mol. The van der Waals surface area contributed by atoms with Crippen molar-refractivity contribution in [2.45, 2.75) is 26.4 Å². The van der Waals surface area contributed by atoms with Gasteiger partial charge in [0.25, 0.3) is 0 Å². The molecule has 5 heteroatoms. The van der Waals surface area contributed by atoms with Crippen LogP contribution < -0.4 is 4.74 Å². The van der Waals surface area contributed by atoms with Crippen LogP contribution in [-0.4, -0.2) is 36.3 Å². The zero-order chi connectivity index (χ0) is 16.3. The van der Waals surface area contributed by atoms with Crippen LogP contribution in [0.5, 0.6) is 5.75 Å². The van der Waals surface area contributed by atoms with Crippen LogP contribution in [0.1, 0.15) is 26.3 Å². The summed E-state index contributed by atoms with van der Waals surface area (Å²) in [7, 11) is 0. The molecule has 118 valence electrons. The van der Waals surface area contributed by atoms with Crippen molar-refractivity contribution in [3.8, 4) is 18.1 Å². The number of likely N-dealkylation sites (tertiary alicyclic amines) is 1. The number of carbonyl (C=O) groups excluding carboxylic acids is 1. The number of carbonyl (C=O) groups is 1. The van der Waals surface area contributed by atoms with E-state index in [1.165, 1.54) is 0 Å². The van der Waals surface area contributed by atoms with E-state index < -0.39 is 5.60 Å². The molecule has 0 saturated carbocycles. The van der Waals surface area contributed by atoms with E-state index in [0.717, 1.165) is 10.0 Å². The summed E-state index contributed by atoms with van der Waals surface area (Å²) in [6.07, 6.45) is 5.20. The van der Waals surface area contributed by atoms with Crippen molar-refractivity contribution in [1.29, 1.82) is 0 Å². The van der Waals surface area contributed by atoms with Crippen molar-refractivity contribution in [2.75, 3.05) is 19.7 Å². The van der Waals surface area contributed by atoms with Gasteiger partial charge in [-0.2, -0.15) is 0 Å². The van der Waals surface area contributed by atoms with Gasteiger partial charge in [-0.05, 0) is 48.8 Å². The van der Waals surface area contributed by atoms with Crippen LogP contribution in [0.4, 0.5) is 4.79 Å². The standard InChI is InChI=1S/C17H20BrNO3/c1-5-13-7-6-8-14(18)15(13)21-11-12-9-19(10-12)16(20)22-17(2,3)4/h1,6-8,12H,9-11H2,2-4H3. The molecule has 1 aliphatic heterocycles. The van der Waals surface area contributed by atoms with Gasteiger partial charge in [0, 0.05) is 19.0 Å². The maximum absolute atomic E-state index is 11.8. The number of hydrogen-bond acceptors (Lipinski definition) is 3. The molecule has 1 aromatic carbocycles. The molecule has 0 bridgehead atoms. The van der Waals surface area contributed by atoms with E-state index in [-0.39, 0.29) is 6.09 Å². The third kappa shape index (κ3) is 4.17. The van der Waals surface area contributed by atoms with Crippen molar-refractivity contribution < 1.29 is 14.3 Å². The highest BCUT2D eigenvalue weighted by Crippen LogP contribution is 2.30. The van der Waals surface area contributed by atoms with Crippen LogP contribution in [0.25, 0.3) is 0 Å². The third-order valence-corrected chi connectivity index (χ3v) is 3.82. The Kier molecular flexibility index (Phi) is 5.02. The van der Waals surface area contributed by atoms with Crippen LogP contribution >= 0.6 is 15.9 Å². The number of amides is 1. The second-order valence-electron chi connectivity index (χ2n) is 6.32. The molecule has 0 aromatic heterocycles. The maximum atomic E-state index is 11.8. The summed E-state index contributed by atoms with van der Waals surface area (Å²) in [4.78, 5) is 13.5. The molecule has 1 amide bonds. The van der Waals surface area contributed by atoms with Crippen LogP contribution in [0.2, 0.25) is 0 Å². The molecule has 2 rings (SSSR count). The van der Waals surface area contributed by atoms with Crippen LogP contribution in [0.3, 0.4) is 0 Å². The molecule has 0 atom stereocenters. The Morgan fingerprint density at radius 3 is 2.73 bits per heavy atom. The van der Waals surface area contributed by atoms with Gasteiger partial charge in [0.05, 0.1) is 16.6 Å². The quantitative estimate of drug-likeness (QED) is 0.767. The second kappa shape index (κ2) is 6.62. The van der Waals surface area contributed by atoms with Gasteiger partial charge in [-0.3, -0.25) is 0 Å². The van der Waals surface area contributed by atoms with Gasteiger partial charge in [-0.25, -0.2) is 4.79 Å². The van der Waals surface area contributed by atoms with Crippen LogP contribution in [0, 0.1) is 18.3 Å². The van der Waals surface area contributed by atoms with E-state index in [9.17, 15) is 4.79 Å². The van der Waals surface area contributed by atoms with E-state index in [1.807, 2.05) is 39.0 Å².